The first kappa shape index (κ1) is 14.9. The van der Waals surface area contributed by atoms with Crippen molar-refractivity contribution in [1.82, 2.24) is 10.3 Å². The maximum atomic E-state index is 12.0. The summed E-state index contributed by atoms with van der Waals surface area (Å²) in [5.41, 5.74) is 1.16. The normalized spacial score (nSPS) is 9.90. The summed E-state index contributed by atoms with van der Waals surface area (Å²) < 4.78 is 0.825. The number of nitrogens with one attached hydrogen (secondary N) is 2. The predicted octanol–water partition coefficient (Wildman–Crippen LogP) is 3.62. The zero-order valence-electron chi connectivity index (χ0n) is 10.1. The van der Waals surface area contributed by atoms with Gasteiger partial charge in [-0.3, -0.25) is 10.1 Å². The van der Waals surface area contributed by atoms with Gasteiger partial charge in [0.1, 0.15) is 5.15 Å². The van der Waals surface area contributed by atoms with Gasteiger partial charge in [0.05, 0.1) is 11.9 Å². The third-order valence-corrected chi connectivity index (χ3v) is 3.22. The Kier molecular flexibility index (Phi) is 5.05. The fourth-order valence-corrected chi connectivity index (χ4v) is 2.14. The maximum Gasteiger partial charge on any atom is 0.257 e. The Morgan fingerprint density at radius 2 is 2.10 bits per heavy atom. The molecule has 20 heavy (non-hydrogen) atoms. The number of rotatable bonds is 2. The van der Waals surface area contributed by atoms with E-state index in [4.69, 9.17) is 23.8 Å². The summed E-state index contributed by atoms with van der Waals surface area (Å²) in [7, 11) is 0. The van der Waals surface area contributed by atoms with Gasteiger partial charge in [-0.15, -0.1) is 0 Å². The van der Waals surface area contributed by atoms with Crippen LogP contribution in [-0.4, -0.2) is 16.0 Å². The summed E-state index contributed by atoms with van der Waals surface area (Å²) in [5, 5.41) is 6.02. The van der Waals surface area contributed by atoms with Crippen LogP contribution in [0.15, 0.2) is 47.1 Å². The minimum atomic E-state index is -0.286. The number of amides is 1. The van der Waals surface area contributed by atoms with Crippen molar-refractivity contribution in [2.45, 2.75) is 0 Å². The van der Waals surface area contributed by atoms with Crippen molar-refractivity contribution >= 4 is 56.5 Å². The molecule has 1 aromatic heterocycles. The zero-order chi connectivity index (χ0) is 14.5. The fraction of sp³-hybridized carbons (Fsp3) is 0. The van der Waals surface area contributed by atoms with Crippen molar-refractivity contribution in [2.75, 3.05) is 5.32 Å². The Labute approximate surface area is 134 Å². The molecule has 0 saturated carbocycles. The van der Waals surface area contributed by atoms with Crippen LogP contribution in [0.3, 0.4) is 0 Å². The Balaban J connectivity index is 1.97. The summed E-state index contributed by atoms with van der Waals surface area (Å²) in [5.74, 6) is -0.286. The summed E-state index contributed by atoms with van der Waals surface area (Å²) in [6.07, 6.45) is 1.53. The van der Waals surface area contributed by atoms with Crippen molar-refractivity contribution in [3.05, 3.63) is 57.8 Å². The van der Waals surface area contributed by atoms with Crippen LogP contribution in [0.1, 0.15) is 10.4 Å². The Hall–Kier alpha value is -1.50. The van der Waals surface area contributed by atoms with Crippen LogP contribution in [0.4, 0.5) is 5.69 Å². The first-order valence-electron chi connectivity index (χ1n) is 5.54. The number of nitrogens with zero attached hydrogens (tertiary/aromatic N) is 1. The number of carbonyl (C=O) groups excluding carboxylic acids is 1. The van der Waals surface area contributed by atoms with Gasteiger partial charge in [0.15, 0.2) is 5.11 Å². The molecule has 0 radical (unpaired) electrons. The van der Waals surface area contributed by atoms with Crippen molar-refractivity contribution in [3.63, 3.8) is 0 Å². The molecule has 0 bridgehead atoms. The Bertz CT molecular complexity index is 648. The molecule has 0 fully saturated rings. The number of anilines is 1. The van der Waals surface area contributed by atoms with E-state index in [-0.39, 0.29) is 11.0 Å². The Morgan fingerprint density at radius 3 is 2.75 bits per heavy atom. The predicted molar refractivity (Wildman–Crippen MR) is 87.1 cm³/mol. The summed E-state index contributed by atoms with van der Waals surface area (Å²) in [6.45, 7) is 0. The van der Waals surface area contributed by atoms with Crippen LogP contribution in [-0.2, 0) is 0 Å². The lowest BCUT2D eigenvalue weighted by molar-refractivity contribution is 0.0977. The number of pyridine rings is 1. The maximum absolute atomic E-state index is 12.0. The molecule has 0 spiro atoms. The molecule has 1 aromatic carbocycles. The number of carbonyl (C=O) groups is 1. The second-order valence-corrected chi connectivity index (χ2v) is 5.50. The SMILES string of the molecule is O=C(NC(=S)Nc1ccc(Cl)nc1)c1cccc(Br)c1. The molecule has 2 aromatic rings. The first-order chi connectivity index (χ1) is 9.54. The van der Waals surface area contributed by atoms with E-state index in [0.29, 0.717) is 16.4 Å². The van der Waals surface area contributed by atoms with Crippen LogP contribution in [0.25, 0.3) is 0 Å². The molecular weight excluding hydrogens is 362 g/mol. The van der Waals surface area contributed by atoms with Crippen LogP contribution < -0.4 is 10.6 Å². The third-order valence-electron chi connectivity index (χ3n) is 2.30. The van der Waals surface area contributed by atoms with E-state index in [1.54, 1.807) is 30.3 Å². The van der Waals surface area contributed by atoms with Gasteiger partial charge in [-0.05, 0) is 42.5 Å². The van der Waals surface area contributed by atoms with Crippen molar-refractivity contribution in [3.8, 4) is 0 Å². The average molecular weight is 371 g/mol. The molecule has 1 heterocycles. The fourth-order valence-electron chi connectivity index (χ4n) is 1.42. The lowest BCUT2D eigenvalue weighted by Crippen LogP contribution is -2.34. The Morgan fingerprint density at radius 1 is 1.30 bits per heavy atom. The molecule has 0 aliphatic rings. The summed E-state index contributed by atoms with van der Waals surface area (Å²) >= 11 is 14.1. The molecule has 0 aliphatic carbocycles. The third kappa shape index (κ3) is 4.26. The second-order valence-electron chi connectivity index (χ2n) is 3.79. The zero-order valence-corrected chi connectivity index (χ0v) is 13.2. The van der Waals surface area contributed by atoms with Crippen LogP contribution in [0, 0.1) is 0 Å². The highest BCUT2D eigenvalue weighted by Crippen LogP contribution is 2.12. The number of halogens is 2. The monoisotopic (exact) mass is 369 g/mol. The smallest absolute Gasteiger partial charge is 0.257 e. The lowest BCUT2D eigenvalue weighted by Gasteiger charge is -2.09. The number of hydrogen-bond acceptors (Lipinski definition) is 3. The molecule has 102 valence electrons. The number of thiocarbonyl (C=S) groups is 1. The number of aromatic nitrogens is 1. The number of hydrogen-bond donors (Lipinski definition) is 2. The molecule has 7 heteroatoms. The van der Waals surface area contributed by atoms with E-state index in [1.807, 2.05) is 6.07 Å². The topological polar surface area (TPSA) is 54.0 Å². The standard InChI is InChI=1S/C13H9BrClN3OS/c14-9-3-1-2-8(6-9)12(19)18-13(20)17-10-4-5-11(15)16-7-10/h1-7H,(H2,17,18,19,20). The van der Waals surface area contributed by atoms with E-state index >= 15 is 0 Å². The van der Waals surface area contributed by atoms with Gasteiger partial charge in [-0.25, -0.2) is 4.98 Å². The highest BCUT2D eigenvalue weighted by atomic mass is 79.9. The van der Waals surface area contributed by atoms with Crippen LogP contribution >= 0.6 is 39.7 Å². The molecule has 2 N–H and O–H groups in total. The molecule has 0 aliphatic heterocycles. The van der Waals surface area contributed by atoms with Crippen molar-refractivity contribution in [2.24, 2.45) is 0 Å². The van der Waals surface area contributed by atoms with E-state index < -0.39 is 0 Å². The minimum Gasteiger partial charge on any atom is -0.331 e. The van der Waals surface area contributed by atoms with Gasteiger partial charge in [0.25, 0.3) is 5.91 Å². The molecular formula is C13H9BrClN3OS. The van der Waals surface area contributed by atoms with E-state index in [9.17, 15) is 4.79 Å². The largest absolute Gasteiger partial charge is 0.331 e. The van der Waals surface area contributed by atoms with Gasteiger partial charge in [-0.2, -0.15) is 0 Å². The van der Waals surface area contributed by atoms with Gasteiger partial charge in [0.2, 0.25) is 0 Å². The number of benzene rings is 1. The van der Waals surface area contributed by atoms with Crippen molar-refractivity contribution < 1.29 is 4.79 Å². The molecule has 0 unspecified atom stereocenters. The van der Waals surface area contributed by atoms with Gasteiger partial charge in [-0.1, -0.05) is 33.6 Å². The van der Waals surface area contributed by atoms with Crippen molar-refractivity contribution in [1.29, 1.82) is 0 Å². The van der Waals surface area contributed by atoms with Gasteiger partial charge >= 0.3 is 0 Å². The average Bonchev–Trinajstić information content (AvgIpc) is 2.41. The molecule has 4 nitrogen and oxygen atoms in total. The minimum absolute atomic E-state index is 0.194. The van der Waals surface area contributed by atoms with E-state index in [0.717, 1.165) is 4.47 Å². The quantitative estimate of drug-likeness (QED) is 0.626. The molecule has 0 atom stereocenters. The van der Waals surface area contributed by atoms with Gasteiger partial charge < -0.3 is 5.32 Å². The highest BCUT2D eigenvalue weighted by Gasteiger charge is 2.08. The van der Waals surface area contributed by atoms with Crippen LogP contribution in [0.5, 0.6) is 0 Å². The second kappa shape index (κ2) is 6.78. The highest BCUT2D eigenvalue weighted by molar-refractivity contribution is 9.10. The molecule has 1 amide bonds. The van der Waals surface area contributed by atoms with E-state index in [2.05, 4.69) is 31.5 Å². The molecule has 2 rings (SSSR count). The molecule has 0 saturated heterocycles. The van der Waals surface area contributed by atoms with E-state index in [1.165, 1.54) is 6.20 Å². The first-order valence-corrected chi connectivity index (χ1v) is 7.12. The van der Waals surface area contributed by atoms with Gasteiger partial charge in [0, 0.05) is 10.0 Å². The summed E-state index contributed by atoms with van der Waals surface area (Å²) in [6, 6.07) is 10.4. The summed E-state index contributed by atoms with van der Waals surface area (Å²) in [4.78, 5) is 15.9. The van der Waals surface area contributed by atoms with Crippen LogP contribution in [0.2, 0.25) is 5.15 Å². The lowest BCUT2D eigenvalue weighted by atomic mass is 10.2.